The number of carbonyl (C=O) groups is 4. The number of esters is 1. The first-order valence-electron chi connectivity index (χ1n) is 7.02. The van der Waals surface area contributed by atoms with Gasteiger partial charge < -0.3 is 10.1 Å². The number of hydrazine groups is 1. The molecule has 0 aliphatic carbocycles. The molecule has 1 aromatic carbocycles. The average Bonchev–Trinajstić information content (AvgIpc) is 2.58. The molecule has 0 radical (unpaired) electrons. The van der Waals surface area contributed by atoms with Crippen molar-refractivity contribution in [2.75, 3.05) is 20.2 Å². The van der Waals surface area contributed by atoms with Crippen LogP contribution in [-0.4, -0.2) is 48.9 Å². The number of ether oxygens (including phenoxy) is 1. The number of hydrogen-bond donors (Lipinski definition) is 2. The van der Waals surface area contributed by atoms with Crippen molar-refractivity contribution in [1.82, 2.24) is 15.8 Å². The summed E-state index contributed by atoms with van der Waals surface area (Å²) in [5.74, 6) is -2.62. The Morgan fingerprint density at radius 1 is 1.30 bits per heavy atom. The molecule has 0 aromatic heterocycles. The zero-order valence-corrected chi connectivity index (χ0v) is 12.6. The first kappa shape index (κ1) is 16.5. The monoisotopic (exact) mass is 319 g/mol. The van der Waals surface area contributed by atoms with Crippen molar-refractivity contribution in [3.63, 3.8) is 0 Å². The molecule has 1 unspecified atom stereocenters. The van der Waals surface area contributed by atoms with Gasteiger partial charge in [-0.3, -0.25) is 29.6 Å². The Bertz CT molecular complexity index is 617. The minimum Gasteiger partial charge on any atom is -0.469 e. The molecule has 0 bridgehead atoms. The second-order valence-corrected chi connectivity index (χ2v) is 5.01. The third-order valence-electron chi connectivity index (χ3n) is 3.37. The van der Waals surface area contributed by atoms with Crippen LogP contribution in [0.5, 0.6) is 0 Å². The van der Waals surface area contributed by atoms with Gasteiger partial charge in [-0.25, -0.2) is 0 Å². The molecule has 23 heavy (non-hydrogen) atoms. The van der Waals surface area contributed by atoms with Gasteiger partial charge in [-0.15, -0.1) is 0 Å². The summed E-state index contributed by atoms with van der Waals surface area (Å²) in [6, 6.07) is 8.44. The quantitative estimate of drug-likeness (QED) is 0.726. The highest BCUT2D eigenvalue weighted by Gasteiger charge is 2.33. The molecule has 1 aliphatic heterocycles. The lowest BCUT2D eigenvalue weighted by Gasteiger charge is -2.31. The maximum Gasteiger partial charge on any atom is 0.311 e. The van der Waals surface area contributed by atoms with Crippen LogP contribution in [0.2, 0.25) is 0 Å². The van der Waals surface area contributed by atoms with E-state index < -0.39 is 29.6 Å². The Labute approximate surface area is 132 Å². The second-order valence-electron chi connectivity index (χ2n) is 5.01. The molecule has 1 atom stereocenters. The van der Waals surface area contributed by atoms with Gasteiger partial charge in [-0.2, -0.15) is 0 Å². The van der Waals surface area contributed by atoms with Gasteiger partial charge in [0, 0.05) is 12.0 Å². The summed E-state index contributed by atoms with van der Waals surface area (Å²) < 4.78 is 4.60. The molecule has 3 amide bonds. The predicted molar refractivity (Wildman–Crippen MR) is 78.8 cm³/mol. The van der Waals surface area contributed by atoms with E-state index in [1.54, 1.807) is 30.3 Å². The van der Waals surface area contributed by atoms with E-state index in [4.69, 9.17) is 0 Å². The second kappa shape index (κ2) is 7.39. The minimum atomic E-state index is -0.706. The van der Waals surface area contributed by atoms with E-state index in [0.717, 1.165) is 5.01 Å². The Morgan fingerprint density at radius 3 is 2.65 bits per heavy atom. The van der Waals surface area contributed by atoms with Crippen molar-refractivity contribution in [3.05, 3.63) is 35.9 Å². The average molecular weight is 319 g/mol. The van der Waals surface area contributed by atoms with Crippen molar-refractivity contribution >= 4 is 23.7 Å². The van der Waals surface area contributed by atoms with Crippen LogP contribution in [-0.2, 0) is 19.1 Å². The molecule has 0 saturated carbocycles. The first-order chi connectivity index (χ1) is 11.0. The number of rotatable bonds is 4. The van der Waals surface area contributed by atoms with Crippen molar-refractivity contribution < 1.29 is 23.9 Å². The number of amides is 3. The van der Waals surface area contributed by atoms with E-state index in [0.29, 0.717) is 5.56 Å². The van der Waals surface area contributed by atoms with E-state index in [-0.39, 0.29) is 19.5 Å². The van der Waals surface area contributed by atoms with Crippen molar-refractivity contribution in [2.24, 2.45) is 5.92 Å². The van der Waals surface area contributed by atoms with Gasteiger partial charge in [0.15, 0.2) is 0 Å². The molecule has 1 aliphatic rings. The lowest BCUT2D eigenvalue weighted by Crippen LogP contribution is -2.56. The SMILES string of the molecule is COC(=O)C1CC(=O)NN(C(=O)CNC(=O)c2ccccc2)C1. The molecule has 1 saturated heterocycles. The van der Waals surface area contributed by atoms with E-state index in [1.807, 2.05) is 0 Å². The fourth-order valence-electron chi connectivity index (χ4n) is 2.18. The molecule has 8 nitrogen and oxygen atoms in total. The maximum atomic E-state index is 12.1. The van der Waals surface area contributed by atoms with Crippen LogP contribution < -0.4 is 10.7 Å². The van der Waals surface area contributed by atoms with Crippen LogP contribution >= 0.6 is 0 Å². The summed E-state index contributed by atoms with van der Waals surface area (Å²) in [5.41, 5.74) is 2.80. The van der Waals surface area contributed by atoms with Crippen molar-refractivity contribution in [2.45, 2.75) is 6.42 Å². The Balaban J connectivity index is 1.91. The minimum absolute atomic E-state index is 0.0124. The smallest absolute Gasteiger partial charge is 0.311 e. The predicted octanol–water partition coefficient (Wildman–Crippen LogP) is -0.531. The lowest BCUT2D eigenvalue weighted by molar-refractivity contribution is -0.156. The highest BCUT2D eigenvalue weighted by Crippen LogP contribution is 2.12. The molecular weight excluding hydrogens is 302 g/mol. The highest BCUT2D eigenvalue weighted by molar-refractivity contribution is 5.97. The van der Waals surface area contributed by atoms with E-state index in [9.17, 15) is 19.2 Å². The summed E-state index contributed by atoms with van der Waals surface area (Å²) in [6.07, 6.45) is -0.0349. The maximum absolute atomic E-state index is 12.1. The van der Waals surface area contributed by atoms with Gasteiger partial charge >= 0.3 is 5.97 Å². The molecule has 1 fully saturated rings. The Kier molecular flexibility index (Phi) is 5.29. The lowest BCUT2D eigenvalue weighted by atomic mass is 10.0. The molecule has 1 aromatic rings. The Morgan fingerprint density at radius 2 is 2.00 bits per heavy atom. The van der Waals surface area contributed by atoms with Gasteiger partial charge in [0.25, 0.3) is 11.8 Å². The number of methoxy groups -OCH3 is 1. The summed E-state index contributed by atoms with van der Waals surface area (Å²) in [5, 5.41) is 3.50. The van der Waals surface area contributed by atoms with Gasteiger partial charge in [0.2, 0.25) is 5.91 Å². The largest absolute Gasteiger partial charge is 0.469 e. The topological polar surface area (TPSA) is 105 Å². The van der Waals surface area contributed by atoms with Crippen molar-refractivity contribution in [1.29, 1.82) is 0 Å². The normalized spacial score (nSPS) is 17.2. The molecule has 122 valence electrons. The van der Waals surface area contributed by atoms with Crippen LogP contribution in [0.4, 0.5) is 0 Å². The molecule has 2 N–H and O–H groups in total. The number of nitrogens with zero attached hydrogens (tertiary/aromatic N) is 1. The standard InChI is InChI=1S/C15H17N3O5/c1-23-15(22)11-7-12(19)17-18(9-11)13(20)8-16-14(21)10-5-3-2-4-6-10/h2-6,11H,7-9H2,1H3,(H,16,21)(H,17,19). The summed E-state index contributed by atoms with van der Waals surface area (Å²) >= 11 is 0. The van der Waals surface area contributed by atoms with Gasteiger partial charge in [-0.05, 0) is 12.1 Å². The highest BCUT2D eigenvalue weighted by atomic mass is 16.5. The molecule has 8 heteroatoms. The van der Waals surface area contributed by atoms with Crippen LogP contribution in [0.1, 0.15) is 16.8 Å². The van der Waals surface area contributed by atoms with Crippen LogP contribution in [0.3, 0.4) is 0 Å². The van der Waals surface area contributed by atoms with Crippen LogP contribution in [0.25, 0.3) is 0 Å². The molecule has 2 rings (SSSR count). The number of benzene rings is 1. The van der Waals surface area contributed by atoms with Crippen LogP contribution in [0.15, 0.2) is 30.3 Å². The fourth-order valence-corrected chi connectivity index (χ4v) is 2.18. The fraction of sp³-hybridized carbons (Fsp3) is 0.333. The summed E-state index contributed by atoms with van der Waals surface area (Å²) in [4.78, 5) is 47.0. The van der Waals surface area contributed by atoms with E-state index in [2.05, 4.69) is 15.5 Å². The molecule has 0 spiro atoms. The molecular formula is C15H17N3O5. The van der Waals surface area contributed by atoms with Gasteiger partial charge in [-0.1, -0.05) is 18.2 Å². The number of carbonyl (C=O) groups excluding carboxylic acids is 4. The van der Waals surface area contributed by atoms with Gasteiger partial charge in [0.05, 0.1) is 26.1 Å². The van der Waals surface area contributed by atoms with Crippen molar-refractivity contribution in [3.8, 4) is 0 Å². The third kappa shape index (κ3) is 4.29. The Hall–Kier alpha value is -2.90. The number of nitrogens with one attached hydrogen (secondary N) is 2. The zero-order valence-electron chi connectivity index (χ0n) is 12.6. The summed E-state index contributed by atoms with van der Waals surface area (Å²) in [7, 11) is 1.22. The first-order valence-corrected chi connectivity index (χ1v) is 7.02. The van der Waals surface area contributed by atoms with E-state index >= 15 is 0 Å². The van der Waals surface area contributed by atoms with Gasteiger partial charge in [0.1, 0.15) is 0 Å². The third-order valence-corrected chi connectivity index (χ3v) is 3.37. The van der Waals surface area contributed by atoms with Crippen LogP contribution in [0, 0.1) is 5.92 Å². The zero-order chi connectivity index (χ0) is 16.8. The summed E-state index contributed by atoms with van der Waals surface area (Å²) in [6.45, 7) is -0.277. The number of hydrogen-bond acceptors (Lipinski definition) is 5. The molecule has 1 heterocycles. The van der Waals surface area contributed by atoms with E-state index in [1.165, 1.54) is 7.11 Å².